The van der Waals surface area contributed by atoms with Crippen LogP contribution in [-0.2, 0) is 4.74 Å². The summed E-state index contributed by atoms with van der Waals surface area (Å²) in [4.78, 5) is 8.73. The maximum Gasteiger partial charge on any atom is 0.173 e. The summed E-state index contributed by atoms with van der Waals surface area (Å²) < 4.78 is 7.42. The normalized spacial score (nSPS) is 23.6. The molecule has 144 valence electrons. The van der Waals surface area contributed by atoms with Gasteiger partial charge in [0.2, 0.25) is 0 Å². The molecule has 2 atom stereocenters. The Morgan fingerprint density at radius 3 is 2.93 bits per heavy atom. The van der Waals surface area contributed by atoms with Crippen LogP contribution in [0, 0.1) is 5.92 Å². The Labute approximate surface area is 167 Å². The Bertz CT molecular complexity index is 985. The lowest BCUT2D eigenvalue weighted by Gasteiger charge is -2.42. The Balaban J connectivity index is 1.45. The first-order valence-corrected chi connectivity index (χ1v) is 9.66. The molecule has 1 aromatic heterocycles. The molecule has 0 spiro atoms. The number of rotatable bonds is 4. The molecular weight excluding hydrogens is 380 g/mol. The minimum Gasteiger partial charge on any atom is -0.375 e. The maximum absolute atomic E-state index is 6.34. The van der Waals surface area contributed by atoms with Crippen LogP contribution in [0.1, 0.15) is 36.4 Å². The molecule has 0 radical (unpaired) electrons. The molecule has 3 aliphatic heterocycles. The highest BCUT2D eigenvalue weighted by Crippen LogP contribution is 2.46. The molecule has 0 amide bonds. The van der Waals surface area contributed by atoms with Crippen molar-refractivity contribution in [3.05, 3.63) is 53.7 Å². The zero-order valence-electron chi connectivity index (χ0n) is 15.3. The Morgan fingerprint density at radius 2 is 2.11 bits per heavy atom. The van der Waals surface area contributed by atoms with E-state index < -0.39 is 0 Å². The summed E-state index contributed by atoms with van der Waals surface area (Å²) in [6, 6.07) is 8.27. The standard InChI is InChI=1S/C18H19ClN8O/c1-28-17(12-6-7-12)15-8-21-22-27(15)25-10-20-18-13-4-2-3-5-14(13)24-11-23(19)9-16(24)26(18)25/h2-5,8-10,12,17-18H,6-7,11H2,1H3. The van der Waals surface area contributed by atoms with Crippen molar-refractivity contribution in [3.63, 3.8) is 0 Å². The van der Waals surface area contributed by atoms with Gasteiger partial charge in [-0.3, -0.25) is 4.42 Å². The van der Waals surface area contributed by atoms with Crippen LogP contribution in [0.25, 0.3) is 0 Å². The van der Waals surface area contributed by atoms with Crippen molar-refractivity contribution < 1.29 is 4.74 Å². The molecule has 9 nitrogen and oxygen atoms in total. The van der Waals surface area contributed by atoms with Gasteiger partial charge in [0.15, 0.2) is 12.0 Å². The number of aliphatic imine (C=N–C) groups is 1. The van der Waals surface area contributed by atoms with Gasteiger partial charge >= 0.3 is 0 Å². The van der Waals surface area contributed by atoms with Crippen molar-refractivity contribution in [2.75, 3.05) is 23.8 Å². The molecule has 28 heavy (non-hydrogen) atoms. The average Bonchev–Trinajstić information content (AvgIpc) is 3.11. The molecule has 0 saturated heterocycles. The number of hydrogen-bond acceptors (Lipinski definition) is 8. The fourth-order valence-electron chi connectivity index (χ4n) is 4.25. The Morgan fingerprint density at radius 1 is 1.25 bits per heavy atom. The van der Waals surface area contributed by atoms with Gasteiger partial charge in [-0.2, -0.15) is 5.12 Å². The molecule has 4 aliphatic rings. The van der Waals surface area contributed by atoms with Gasteiger partial charge in [0, 0.05) is 24.4 Å². The number of halogens is 1. The fourth-order valence-corrected chi connectivity index (χ4v) is 4.45. The van der Waals surface area contributed by atoms with Gasteiger partial charge < -0.3 is 9.64 Å². The summed E-state index contributed by atoms with van der Waals surface area (Å²) in [5.41, 5.74) is 3.16. The van der Waals surface area contributed by atoms with Crippen molar-refractivity contribution in [1.29, 1.82) is 0 Å². The van der Waals surface area contributed by atoms with E-state index in [1.54, 1.807) is 28.9 Å². The number of methoxy groups -OCH3 is 1. The monoisotopic (exact) mass is 398 g/mol. The number of benzene rings is 1. The van der Waals surface area contributed by atoms with E-state index in [1.165, 1.54) is 0 Å². The predicted octanol–water partition coefficient (Wildman–Crippen LogP) is 2.32. The van der Waals surface area contributed by atoms with Crippen molar-refractivity contribution >= 4 is 23.8 Å². The highest BCUT2D eigenvalue weighted by atomic mass is 35.5. The van der Waals surface area contributed by atoms with Gasteiger partial charge in [0.25, 0.3) is 0 Å². The van der Waals surface area contributed by atoms with E-state index in [2.05, 4.69) is 32.4 Å². The minimum absolute atomic E-state index is 0.0299. The van der Waals surface area contributed by atoms with Crippen LogP contribution in [0.2, 0.25) is 0 Å². The first-order valence-electron chi connectivity index (χ1n) is 9.32. The topological polar surface area (TPSA) is 65.3 Å². The third-order valence-corrected chi connectivity index (χ3v) is 5.86. The van der Waals surface area contributed by atoms with Crippen LogP contribution in [-0.4, -0.2) is 44.6 Å². The van der Waals surface area contributed by atoms with E-state index in [1.807, 2.05) is 23.5 Å². The van der Waals surface area contributed by atoms with Crippen LogP contribution < -0.4 is 10.0 Å². The Hall–Kier alpha value is -2.78. The van der Waals surface area contributed by atoms with Crippen LogP contribution in [0.3, 0.4) is 0 Å². The molecule has 1 saturated carbocycles. The zero-order chi connectivity index (χ0) is 18.8. The van der Waals surface area contributed by atoms with Gasteiger partial charge in [-0.1, -0.05) is 18.2 Å². The highest BCUT2D eigenvalue weighted by Gasteiger charge is 2.45. The van der Waals surface area contributed by atoms with Gasteiger partial charge in [0.1, 0.15) is 24.8 Å². The predicted molar refractivity (Wildman–Crippen MR) is 103 cm³/mol. The number of aromatic nitrogens is 3. The lowest BCUT2D eigenvalue weighted by molar-refractivity contribution is 0.0738. The second-order valence-electron chi connectivity index (χ2n) is 7.36. The number of ether oxygens (including phenoxy) is 1. The van der Waals surface area contributed by atoms with Crippen molar-refractivity contribution in [3.8, 4) is 0 Å². The summed E-state index contributed by atoms with van der Waals surface area (Å²) in [7, 11) is 1.74. The fraction of sp³-hybridized carbons (Fsp3) is 0.389. The second kappa shape index (κ2) is 5.86. The number of anilines is 1. The van der Waals surface area contributed by atoms with Crippen molar-refractivity contribution in [1.82, 2.24) is 24.5 Å². The summed E-state index contributed by atoms with van der Waals surface area (Å²) in [6.45, 7) is 0.567. The SMILES string of the molecule is COC(c1cnnn1N1C=NC2c3ccccc3N3CN(Cl)C=C3N21)C1CC1. The molecule has 10 heteroatoms. The summed E-state index contributed by atoms with van der Waals surface area (Å²) in [5, 5.41) is 12.5. The van der Waals surface area contributed by atoms with Crippen LogP contribution >= 0.6 is 11.8 Å². The van der Waals surface area contributed by atoms with E-state index in [9.17, 15) is 0 Å². The lowest BCUT2D eigenvalue weighted by atomic mass is 10.1. The smallest absolute Gasteiger partial charge is 0.173 e. The first kappa shape index (κ1) is 16.2. The molecular formula is C18H19ClN8O. The third kappa shape index (κ3) is 2.20. The lowest BCUT2D eigenvalue weighted by Crippen LogP contribution is -2.52. The second-order valence-corrected chi connectivity index (χ2v) is 7.79. The molecule has 0 N–H and O–H groups in total. The van der Waals surface area contributed by atoms with Crippen LogP contribution in [0.5, 0.6) is 0 Å². The zero-order valence-corrected chi connectivity index (χ0v) is 16.0. The molecule has 1 aliphatic carbocycles. The van der Waals surface area contributed by atoms with Gasteiger partial charge in [-0.15, -0.1) is 9.89 Å². The van der Waals surface area contributed by atoms with Crippen molar-refractivity contribution in [2.24, 2.45) is 10.9 Å². The molecule has 1 aromatic carbocycles. The maximum atomic E-state index is 6.34. The average molecular weight is 399 g/mol. The van der Waals surface area contributed by atoms with Gasteiger partial charge in [0.05, 0.1) is 18.1 Å². The van der Waals surface area contributed by atoms with Crippen LogP contribution in [0.4, 0.5) is 5.69 Å². The van der Waals surface area contributed by atoms with E-state index >= 15 is 0 Å². The highest BCUT2D eigenvalue weighted by molar-refractivity contribution is 6.14. The molecule has 2 unspecified atom stereocenters. The number of hydrazine groups is 1. The van der Waals surface area contributed by atoms with Crippen molar-refractivity contribution in [2.45, 2.75) is 25.1 Å². The summed E-state index contributed by atoms with van der Waals surface area (Å²) >= 11 is 6.34. The minimum atomic E-state index is -0.180. The quantitative estimate of drug-likeness (QED) is 0.732. The number of fused-ring (bicyclic) bond motifs is 6. The molecule has 2 aromatic rings. The molecule has 0 bridgehead atoms. The van der Waals surface area contributed by atoms with Crippen LogP contribution in [0.15, 0.2) is 47.5 Å². The van der Waals surface area contributed by atoms with Gasteiger partial charge in [-0.05, 0) is 30.0 Å². The number of para-hydroxylation sites is 1. The molecule has 1 fully saturated rings. The molecule has 6 rings (SSSR count). The number of hydrogen-bond donors (Lipinski definition) is 0. The summed E-state index contributed by atoms with van der Waals surface area (Å²) in [6.07, 6.45) is 7.60. The van der Waals surface area contributed by atoms with E-state index in [-0.39, 0.29) is 12.3 Å². The first-order chi connectivity index (χ1) is 13.8. The van der Waals surface area contributed by atoms with E-state index in [4.69, 9.17) is 21.5 Å². The summed E-state index contributed by atoms with van der Waals surface area (Å²) in [5.74, 6) is 1.46. The van der Waals surface area contributed by atoms with E-state index in [0.29, 0.717) is 12.6 Å². The largest absolute Gasteiger partial charge is 0.375 e. The van der Waals surface area contributed by atoms with E-state index in [0.717, 1.165) is 35.6 Å². The molecule has 4 heterocycles. The van der Waals surface area contributed by atoms with Gasteiger partial charge in [-0.25, -0.2) is 10.0 Å². The Kier molecular flexibility index (Phi) is 3.39. The third-order valence-electron chi connectivity index (χ3n) is 5.66. The number of nitrogens with zero attached hydrogens (tertiary/aromatic N) is 8.